The Morgan fingerprint density at radius 1 is 1.28 bits per heavy atom. The minimum atomic E-state index is -3.05. The number of aromatic nitrogens is 3. The van der Waals surface area contributed by atoms with Crippen LogP contribution >= 0.6 is 23.4 Å². The van der Waals surface area contributed by atoms with E-state index in [0.717, 1.165) is 25.0 Å². The monoisotopic (exact) mass is 498 g/mol. The highest BCUT2D eigenvalue weighted by molar-refractivity contribution is 7.99. The fourth-order valence-electron chi connectivity index (χ4n) is 4.23. The van der Waals surface area contributed by atoms with Crippen LogP contribution in [0.2, 0.25) is 5.02 Å². The molecule has 2 fully saturated rings. The molecule has 0 N–H and O–H groups in total. The molecule has 1 aromatic heterocycles. The van der Waals surface area contributed by atoms with Crippen LogP contribution in [0.25, 0.3) is 11.4 Å². The molecule has 174 valence electrons. The number of ether oxygens (including phenoxy) is 1. The predicted octanol–water partition coefficient (Wildman–Crippen LogP) is 2.91. The number of thioether (sulfide) groups is 1. The smallest absolute Gasteiger partial charge is 0.233 e. The van der Waals surface area contributed by atoms with Crippen molar-refractivity contribution in [2.45, 2.75) is 50.0 Å². The van der Waals surface area contributed by atoms with Crippen LogP contribution in [0.1, 0.15) is 26.2 Å². The summed E-state index contributed by atoms with van der Waals surface area (Å²) in [6.45, 7) is 3.73. The van der Waals surface area contributed by atoms with Crippen molar-refractivity contribution in [3.05, 3.63) is 29.3 Å². The predicted molar refractivity (Wildman–Crippen MR) is 125 cm³/mol. The summed E-state index contributed by atoms with van der Waals surface area (Å²) in [5.74, 6) is 0.997. The molecule has 0 radical (unpaired) electrons. The number of carbonyl (C=O) groups is 1. The number of carbonyl (C=O) groups excluding carboxylic acids is 1. The molecule has 2 aromatic rings. The zero-order valence-corrected chi connectivity index (χ0v) is 20.3. The number of rotatable bonds is 8. The van der Waals surface area contributed by atoms with Gasteiger partial charge in [0.2, 0.25) is 5.91 Å². The lowest BCUT2D eigenvalue weighted by Crippen LogP contribution is -2.42. The van der Waals surface area contributed by atoms with E-state index in [1.165, 1.54) is 11.8 Å². The highest BCUT2D eigenvalue weighted by atomic mass is 35.5. The summed E-state index contributed by atoms with van der Waals surface area (Å²) in [5.41, 5.74) is 0.893. The average molecular weight is 499 g/mol. The van der Waals surface area contributed by atoms with Crippen molar-refractivity contribution in [3.8, 4) is 11.4 Å². The molecule has 11 heteroatoms. The van der Waals surface area contributed by atoms with E-state index in [1.54, 1.807) is 4.90 Å². The van der Waals surface area contributed by atoms with E-state index >= 15 is 0 Å². The second kappa shape index (κ2) is 10.1. The number of amides is 1. The van der Waals surface area contributed by atoms with Gasteiger partial charge in [-0.1, -0.05) is 23.4 Å². The van der Waals surface area contributed by atoms with Gasteiger partial charge < -0.3 is 9.64 Å². The van der Waals surface area contributed by atoms with E-state index in [2.05, 4.69) is 10.2 Å². The van der Waals surface area contributed by atoms with Crippen molar-refractivity contribution >= 4 is 39.1 Å². The molecule has 3 heterocycles. The van der Waals surface area contributed by atoms with Crippen LogP contribution < -0.4 is 0 Å². The summed E-state index contributed by atoms with van der Waals surface area (Å²) in [4.78, 5) is 14.6. The first-order valence-electron chi connectivity index (χ1n) is 10.8. The van der Waals surface area contributed by atoms with Crippen LogP contribution in [0.4, 0.5) is 0 Å². The SMILES string of the molecule is CCN(C(=O)CSc1nnc(-c2ccc(Cl)cc2)n1C[C@H]1CCCO1)[C@H]1CCS(=O)(=O)C1. The summed E-state index contributed by atoms with van der Waals surface area (Å²) < 4.78 is 31.5. The summed E-state index contributed by atoms with van der Waals surface area (Å²) in [6.07, 6.45) is 2.59. The number of nitrogens with zero attached hydrogens (tertiary/aromatic N) is 4. The Kier molecular flexibility index (Phi) is 7.44. The average Bonchev–Trinajstić information content (AvgIpc) is 3.49. The van der Waals surface area contributed by atoms with E-state index in [4.69, 9.17) is 16.3 Å². The molecular formula is C21H27ClN4O4S2. The van der Waals surface area contributed by atoms with Crippen LogP contribution in [0.5, 0.6) is 0 Å². The Morgan fingerprint density at radius 2 is 2.06 bits per heavy atom. The minimum absolute atomic E-state index is 0.0488. The van der Waals surface area contributed by atoms with Crippen molar-refractivity contribution in [2.75, 3.05) is 30.4 Å². The molecule has 1 amide bonds. The number of benzene rings is 1. The van der Waals surface area contributed by atoms with Gasteiger partial charge in [-0.25, -0.2) is 8.42 Å². The van der Waals surface area contributed by atoms with Crippen LogP contribution in [-0.2, 0) is 25.9 Å². The lowest BCUT2D eigenvalue weighted by molar-refractivity contribution is -0.129. The fourth-order valence-corrected chi connectivity index (χ4v) is 6.92. The Balaban J connectivity index is 1.51. The topological polar surface area (TPSA) is 94.4 Å². The Morgan fingerprint density at radius 3 is 2.69 bits per heavy atom. The van der Waals surface area contributed by atoms with Crippen molar-refractivity contribution < 1.29 is 17.9 Å². The van der Waals surface area contributed by atoms with E-state index in [0.29, 0.717) is 35.5 Å². The van der Waals surface area contributed by atoms with Gasteiger partial charge in [0.25, 0.3) is 0 Å². The Hall–Kier alpha value is -1.62. The second-order valence-corrected chi connectivity index (χ2v) is 11.7. The van der Waals surface area contributed by atoms with Gasteiger partial charge in [0.1, 0.15) is 0 Å². The van der Waals surface area contributed by atoms with E-state index < -0.39 is 9.84 Å². The van der Waals surface area contributed by atoms with Gasteiger partial charge in [0, 0.05) is 29.8 Å². The van der Waals surface area contributed by atoms with Crippen LogP contribution in [0.3, 0.4) is 0 Å². The molecule has 8 nitrogen and oxygen atoms in total. The van der Waals surface area contributed by atoms with Gasteiger partial charge in [0.15, 0.2) is 20.8 Å². The minimum Gasteiger partial charge on any atom is -0.376 e. The number of halogens is 1. The maximum atomic E-state index is 12.9. The zero-order valence-electron chi connectivity index (χ0n) is 17.9. The van der Waals surface area contributed by atoms with Crippen molar-refractivity contribution in [1.82, 2.24) is 19.7 Å². The second-order valence-electron chi connectivity index (χ2n) is 8.08. The molecule has 2 atom stereocenters. The quantitative estimate of drug-likeness (QED) is 0.516. The maximum Gasteiger partial charge on any atom is 0.233 e. The standard InChI is InChI=1S/C21H27ClN4O4S2/c1-2-25(17-9-11-32(28,29)14-17)19(27)13-31-21-24-23-20(15-5-7-16(22)8-6-15)26(21)12-18-4-3-10-30-18/h5-8,17-18H,2-4,9-14H2,1H3/t17-,18+/m0/s1. The molecule has 1 aromatic carbocycles. The van der Waals surface area contributed by atoms with Crippen LogP contribution in [-0.4, -0.2) is 76.5 Å². The highest BCUT2D eigenvalue weighted by Crippen LogP contribution is 2.28. The molecule has 4 rings (SSSR count). The maximum absolute atomic E-state index is 12.9. The summed E-state index contributed by atoms with van der Waals surface area (Å²) in [5, 5.41) is 10.0. The molecular weight excluding hydrogens is 472 g/mol. The third-order valence-electron chi connectivity index (χ3n) is 5.86. The number of sulfone groups is 1. The number of hydrogen-bond acceptors (Lipinski definition) is 7. The highest BCUT2D eigenvalue weighted by Gasteiger charge is 2.34. The van der Waals surface area contributed by atoms with Crippen LogP contribution in [0, 0.1) is 0 Å². The lowest BCUT2D eigenvalue weighted by Gasteiger charge is -2.26. The first-order valence-corrected chi connectivity index (χ1v) is 14.0. The summed E-state index contributed by atoms with van der Waals surface area (Å²) in [7, 11) is -3.05. The van der Waals surface area contributed by atoms with Gasteiger partial charge in [-0.2, -0.15) is 0 Å². The Bertz CT molecular complexity index is 1050. The van der Waals surface area contributed by atoms with Gasteiger partial charge in [0.05, 0.1) is 29.9 Å². The molecule has 0 bridgehead atoms. The van der Waals surface area contributed by atoms with E-state index in [9.17, 15) is 13.2 Å². The van der Waals surface area contributed by atoms with Crippen LogP contribution in [0.15, 0.2) is 29.4 Å². The largest absolute Gasteiger partial charge is 0.376 e. The normalized spacial score (nSPS) is 22.3. The zero-order chi connectivity index (χ0) is 22.7. The first-order chi connectivity index (χ1) is 15.4. The molecule has 2 saturated heterocycles. The third-order valence-corrected chi connectivity index (χ3v) is 8.82. The third kappa shape index (κ3) is 5.47. The van der Waals surface area contributed by atoms with Gasteiger partial charge in [-0.05, 0) is 50.5 Å². The first kappa shape index (κ1) is 23.5. The Labute approximate surface area is 197 Å². The molecule has 0 unspecified atom stereocenters. The molecule has 2 aliphatic heterocycles. The molecule has 0 spiro atoms. The molecule has 0 aliphatic carbocycles. The van der Waals surface area contributed by atoms with Gasteiger partial charge in [-0.15, -0.1) is 10.2 Å². The molecule has 32 heavy (non-hydrogen) atoms. The van der Waals surface area contributed by atoms with Crippen molar-refractivity contribution in [3.63, 3.8) is 0 Å². The lowest BCUT2D eigenvalue weighted by atomic mass is 10.2. The molecule has 0 saturated carbocycles. The van der Waals surface area contributed by atoms with E-state index in [1.807, 2.05) is 35.8 Å². The summed E-state index contributed by atoms with van der Waals surface area (Å²) >= 11 is 7.36. The number of hydrogen-bond donors (Lipinski definition) is 0. The van der Waals surface area contributed by atoms with E-state index in [-0.39, 0.29) is 35.3 Å². The van der Waals surface area contributed by atoms with Crippen molar-refractivity contribution in [2.24, 2.45) is 0 Å². The molecule has 2 aliphatic rings. The van der Waals surface area contributed by atoms with Gasteiger partial charge >= 0.3 is 0 Å². The van der Waals surface area contributed by atoms with Gasteiger partial charge in [-0.3, -0.25) is 9.36 Å². The summed E-state index contributed by atoms with van der Waals surface area (Å²) in [6, 6.07) is 7.18. The fraction of sp³-hybridized carbons (Fsp3) is 0.571. The van der Waals surface area contributed by atoms with Crippen molar-refractivity contribution in [1.29, 1.82) is 0 Å².